The zero-order chi connectivity index (χ0) is 15.6. The van der Waals surface area contributed by atoms with E-state index in [1.54, 1.807) is 11.3 Å². The molecule has 1 aromatic carbocycles. The van der Waals surface area contributed by atoms with E-state index in [1.165, 1.54) is 11.1 Å². The highest BCUT2D eigenvalue weighted by Crippen LogP contribution is 2.27. The maximum atomic E-state index is 5.75. The Bertz CT molecular complexity index is 616. The van der Waals surface area contributed by atoms with E-state index in [0.717, 1.165) is 21.6 Å². The third-order valence-electron chi connectivity index (χ3n) is 3.48. The van der Waals surface area contributed by atoms with Gasteiger partial charge in [-0.2, -0.15) is 0 Å². The second-order valence-corrected chi connectivity index (χ2v) is 8.11. The fourth-order valence-corrected chi connectivity index (χ4v) is 3.40. The third-order valence-corrected chi connectivity index (χ3v) is 5.25. The number of hydrogen-bond acceptors (Lipinski definition) is 4. The molecule has 21 heavy (non-hydrogen) atoms. The van der Waals surface area contributed by atoms with Gasteiger partial charge in [0, 0.05) is 21.7 Å². The second kappa shape index (κ2) is 6.57. The number of nitrogens with zero attached hydrogens (tertiary/aromatic N) is 1. The molecule has 1 unspecified atom stereocenters. The highest BCUT2D eigenvalue weighted by atomic mass is 79.9. The fraction of sp³-hybridized carbons (Fsp3) is 0.438. The number of benzene rings is 1. The molecule has 1 aromatic heterocycles. The molecule has 0 aliphatic heterocycles. The van der Waals surface area contributed by atoms with Gasteiger partial charge in [0.25, 0.3) is 0 Å². The maximum Gasteiger partial charge on any atom is 0.0948 e. The molecule has 1 heterocycles. The second-order valence-electron chi connectivity index (χ2n) is 6.31. The van der Waals surface area contributed by atoms with Gasteiger partial charge in [-0.1, -0.05) is 48.8 Å². The molecular weight excluding hydrogens is 346 g/mol. The van der Waals surface area contributed by atoms with Crippen molar-refractivity contribution >= 4 is 27.3 Å². The maximum absolute atomic E-state index is 5.75. The van der Waals surface area contributed by atoms with E-state index in [4.69, 9.17) is 10.8 Å². The standard InChI is InChI=1S/C16H22BrN3S/c1-10-7-11(5-6-12(10)17)13(20-18)8-15-19-14(9-21-15)16(2,3)4/h5-7,9,13,20H,8,18H2,1-4H3. The Balaban J connectivity index is 2.19. The largest absolute Gasteiger partial charge is 0.271 e. The minimum atomic E-state index is 0.0794. The van der Waals surface area contributed by atoms with Crippen molar-refractivity contribution in [1.82, 2.24) is 10.4 Å². The number of nitrogens with one attached hydrogen (secondary N) is 1. The van der Waals surface area contributed by atoms with Crippen LogP contribution >= 0.6 is 27.3 Å². The molecule has 0 aliphatic rings. The number of aryl methyl sites for hydroxylation is 1. The number of halogens is 1. The van der Waals surface area contributed by atoms with Crippen LogP contribution in [0.25, 0.3) is 0 Å². The number of hydrazine groups is 1. The molecule has 114 valence electrons. The van der Waals surface area contributed by atoms with Gasteiger partial charge in [-0.05, 0) is 24.1 Å². The molecule has 3 N–H and O–H groups in total. The topological polar surface area (TPSA) is 50.9 Å². The number of rotatable bonds is 4. The van der Waals surface area contributed by atoms with Gasteiger partial charge in [-0.3, -0.25) is 11.3 Å². The van der Waals surface area contributed by atoms with Crippen LogP contribution in [-0.2, 0) is 11.8 Å². The van der Waals surface area contributed by atoms with Crippen LogP contribution in [0.15, 0.2) is 28.1 Å². The van der Waals surface area contributed by atoms with Crippen molar-refractivity contribution < 1.29 is 0 Å². The molecule has 0 radical (unpaired) electrons. The summed E-state index contributed by atoms with van der Waals surface area (Å²) in [6, 6.07) is 6.40. The van der Waals surface area contributed by atoms with E-state index in [0.29, 0.717) is 0 Å². The van der Waals surface area contributed by atoms with Gasteiger partial charge in [0.1, 0.15) is 0 Å². The first-order valence-corrected chi connectivity index (χ1v) is 8.65. The van der Waals surface area contributed by atoms with Crippen molar-refractivity contribution in [2.45, 2.75) is 45.6 Å². The van der Waals surface area contributed by atoms with Crippen molar-refractivity contribution in [3.8, 4) is 0 Å². The molecule has 1 atom stereocenters. The van der Waals surface area contributed by atoms with Crippen LogP contribution in [0, 0.1) is 6.92 Å². The average Bonchev–Trinajstić information content (AvgIpc) is 2.88. The Morgan fingerprint density at radius 2 is 2.10 bits per heavy atom. The molecule has 0 amide bonds. The Morgan fingerprint density at radius 1 is 1.38 bits per heavy atom. The Hall–Kier alpha value is -0.750. The number of aromatic nitrogens is 1. The zero-order valence-corrected chi connectivity index (χ0v) is 15.3. The van der Waals surface area contributed by atoms with Crippen molar-refractivity contribution in [1.29, 1.82) is 0 Å². The van der Waals surface area contributed by atoms with E-state index in [9.17, 15) is 0 Å². The summed E-state index contributed by atoms with van der Waals surface area (Å²) in [6.45, 7) is 8.63. The van der Waals surface area contributed by atoms with Gasteiger partial charge in [0.2, 0.25) is 0 Å². The van der Waals surface area contributed by atoms with Gasteiger partial charge in [0.15, 0.2) is 0 Å². The van der Waals surface area contributed by atoms with Crippen LogP contribution in [0.5, 0.6) is 0 Å². The smallest absolute Gasteiger partial charge is 0.0948 e. The molecule has 0 bridgehead atoms. The van der Waals surface area contributed by atoms with E-state index < -0.39 is 0 Å². The van der Waals surface area contributed by atoms with Crippen LogP contribution < -0.4 is 11.3 Å². The van der Waals surface area contributed by atoms with Gasteiger partial charge in [0.05, 0.1) is 16.7 Å². The van der Waals surface area contributed by atoms with Gasteiger partial charge in [-0.25, -0.2) is 4.98 Å². The number of hydrogen-bond donors (Lipinski definition) is 2. The van der Waals surface area contributed by atoms with E-state index in [2.05, 4.69) is 72.6 Å². The molecule has 0 spiro atoms. The highest BCUT2D eigenvalue weighted by molar-refractivity contribution is 9.10. The number of thiazole rings is 1. The van der Waals surface area contributed by atoms with Crippen molar-refractivity contribution in [3.05, 3.63) is 49.9 Å². The summed E-state index contributed by atoms with van der Waals surface area (Å²) in [5.41, 5.74) is 6.54. The summed E-state index contributed by atoms with van der Waals surface area (Å²) in [4.78, 5) is 4.75. The summed E-state index contributed by atoms with van der Waals surface area (Å²) in [5.74, 6) is 5.75. The molecule has 3 nitrogen and oxygen atoms in total. The third kappa shape index (κ3) is 4.13. The molecule has 0 saturated heterocycles. The average molecular weight is 368 g/mol. The predicted octanol–water partition coefficient (Wildman–Crippen LogP) is 4.26. The monoisotopic (exact) mass is 367 g/mol. The molecule has 2 aromatic rings. The molecule has 0 fully saturated rings. The normalized spacial score (nSPS) is 13.4. The minimum Gasteiger partial charge on any atom is -0.271 e. The van der Waals surface area contributed by atoms with Gasteiger partial charge >= 0.3 is 0 Å². The Morgan fingerprint density at radius 3 is 2.62 bits per heavy atom. The van der Waals surface area contributed by atoms with Crippen molar-refractivity contribution in [2.24, 2.45) is 5.84 Å². The van der Waals surface area contributed by atoms with Crippen molar-refractivity contribution in [2.75, 3.05) is 0 Å². The quantitative estimate of drug-likeness (QED) is 0.626. The van der Waals surface area contributed by atoms with E-state index in [1.807, 2.05) is 0 Å². The van der Waals surface area contributed by atoms with E-state index >= 15 is 0 Å². The van der Waals surface area contributed by atoms with Crippen LogP contribution in [0.3, 0.4) is 0 Å². The lowest BCUT2D eigenvalue weighted by atomic mass is 9.93. The summed E-state index contributed by atoms with van der Waals surface area (Å²) in [5, 5.41) is 3.26. The molecule has 0 aliphatic carbocycles. The molecule has 5 heteroatoms. The summed E-state index contributed by atoms with van der Waals surface area (Å²) < 4.78 is 1.12. The lowest BCUT2D eigenvalue weighted by Crippen LogP contribution is -2.29. The summed E-state index contributed by atoms with van der Waals surface area (Å²) >= 11 is 5.24. The minimum absolute atomic E-state index is 0.0794. The fourth-order valence-electron chi connectivity index (χ4n) is 2.08. The van der Waals surface area contributed by atoms with Crippen molar-refractivity contribution in [3.63, 3.8) is 0 Å². The van der Waals surface area contributed by atoms with E-state index in [-0.39, 0.29) is 11.5 Å². The first-order chi connectivity index (χ1) is 9.81. The van der Waals surface area contributed by atoms with Crippen LogP contribution in [0.1, 0.15) is 48.6 Å². The Labute approximate surface area is 139 Å². The SMILES string of the molecule is Cc1cc(C(Cc2nc(C(C)(C)C)cs2)NN)ccc1Br. The summed E-state index contributed by atoms with van der Waals surface area (Å²) in [7, 11) is 0. The molecule has 0 saturated carbocycles. The lowest BCUT2D eigenvalue weighted by molar-refractivity contribution is 0.541. The first kappa shape index (κ1) is 16.6. The summed E-state index contributed by atoms with van der Waals surface area (Å²) in [6.07, 6.45) is 0.804. The lowest BCUT2D eigenvalue weighted by Gasteiger charge is -2.17. The molecular formula is C16H22BrN3S. The first-order valence-electron chi connectivity index (χ1n) is 6.98. The number of nitrogens with two attached hydrogens (primary N) is 1. The van der Waals surface area contributed by atoms with Crippen LogP contribution in [-0.4, -0.2) is 4.98 Å². The van der Waals surface area contributed by atoms with Crippen LogP contribution in [0.2, 0.25) is 0 Å². The predicted molar refractivity (Wildman–Crippen MR) is 93.5 cm³/mol. The molecule has 2 rings (SSSR count). The Kier molecular flexibility index (Phi) is 5.20. The zero-order valence-electron chi connectivity index (χ0n) is 12.9. The van der Waals surface area contributed by atoms with Gasteiger partial charge < -0.3 is 0 Å². The van der Waals surface area contributed by atoms with Crippen LogP contribution in [0.4, 0.5) is 0 Å². The highest BCUT2D eigenvalue weighted by Gasteiger charge is 2.19. The van der Waals surface area contributed by atoms with Gasteiger partial charge in [-0.15, -0.1) is 11.3 Å².